The number of alkyl halides is 3. The lowest BCUT2D eigenvalue weighted by molar-refractivity contribution is -0.136. The lowest BCUT2D eigenvalue weighted by atomic mass is 10.1. The molecule has 3 nitrogen and oxygen atoms in total. The Balaban J connectivity index is 1.76. The van der Waals surface area contributed by atoms with Crippen LogP contribution in [0.25, 0.3) is 0 Å². The first kappa shape index (κ1) is 19.3. The Kier molecular flexibility index (Phi) is 5.30. The van der Waals surface area contributed by atoms with Gasteiger partial charge < -0.3 is 10.6 Å². The van der Waals surface area contributed by atoms with E-state index in [9.17, 15) is 26.7 Å². The van der Waals surface area contributed by atoms with Gasteiger partial charge in [0.2, 0.25) is 0 Å². The van der Waals surface area contributed by atoms with Gasteiger partial charge in [-0.2, -0.15) is 13.2 Å². The number of amides is 1. The molecule has 0 aliphatic heterocycles. The highest BCUT2D eigenvalue weighted by Gasteiger charge is 2.33. The SMILES string of the molecule is O=C(Nc1ccc(Nc2cc(F)ccc2C(F)(F)F)cc1)c1ccccc1F. The van der Waals surface area contributed by atoms with Gasteiger partial charge in [0.05, 0.1) is 16.8 Å². The fourth-order valence-electron chi connectivity index (χ4n) is 2.50. The van der Waals surface area contributed by atoms with Crippen LogP contribution < -0.4 is 10.6 Å². The van der Waals surface area contributed by atoms with E-state index < -0.39 is 35.0 Å². The highest BCUT2D eigenvalue weighted by atomic mass is 19.4. The predicted molar refractivity (Wildman–Crippen MR) is 95.5 cm³/mol. The summed E-state index contributed by atoms with van der Waals surface area (Å²) in [5.74, 6) is -2.16. The smallest absolute Gasteiger partial charge is 0.355 e. The zero-order valence-corrected chi connectivity index (χ0v) is 14.1. The fourth-order valence-corrected chi connectivity index (χ4v) is 2.50. The van der Waals surface area contributed by atoms with Crippen LogP contribution in [0.3, 0.4) is 0 Å². The van der Waals surface area contributed by atoms with E-state index in [0.29, 0.717) is 11.8 Å². The molecule has 0 aliphatic carbocycles. The van der Waals surface area contributed by atoms with Crippen LogP contribution >= 0.6 is 0 Å². The molecule has 0 bridgehead atoms. The van der Waals surface area contributed by atoms with Crippen LogP contribution in [-0.2, 0) is 6.18 Å². The Bertz CT molecular complexity index is 1000. The second kappa shape index (κ2) is 7.67. The molecule has 0 saturated carbocycles. The van der Waals surface area contributed by atoms with E-state index >= 15 is 0 Å². The van der Waals surface area contributed by atoms with Crippen molar-refractivity contribution in [3.8, 4) is 0 Å². The maximum Gasteiger partial charge on any atom is 0.418 e. The Hall–Kier alpha value is -3.42. The van der Waals surface area contributed by atoms with Gasteiger partial charge in [0.1, 0.15) is 11.6 Å². The van der Waals surface area contributed by atoms with E-state index in [2.05, 4.69) is 10.6 Å². The summed E-state index contributed by atoms with van der Waals surface area (Å²) in [5.41, 5.74) is -1.02. The third-order valence-corrected chi connectivity index (χ3v) is 3.83. The Morgan fingerprint density at radius 2 is 1.46 bits per heavy atom. The highest BCUT2D eigenvalue weighted by Crippen LogP contribution is 2.36. The maximum atomic E-state index is 13.6. The summed E-state index contributed by atoms with van der Waals surface area (Å²) in [6, 6.07) is 13.2. The molecular formula is C20H13F5N2O. The van der Waals surface area contributed by atoms with Crippen LogP contribution in [-0.4, -0.2) is 5.91 Å². The van der Waals surface area contributed by atoms with Crippen LogP contribution in [0.15, 0.2) is 66.7 Å². The molecule has 0 aromatic heterocycles. The number of hydrogen-bond acceptors (Lipinski definition) is 2. The van der Waals surface area contributed by atoms with Gasteiger partial charge in [-0.15, -0.1) is 0 Å². The number of benzene rings is 3. The lowest BCUT2D eigenvalue weighted by Gasteiger charge is -2.15. The van der Waals surface area contributed by atoms with Crippen molar-refractivity contribution in [1.29, 1.82) is 0 Å². The Morgan fingerprint density at radius 1 is 0.821 bits per heavy atom. The predicted octanol–water partition coefficient (Wildman–Crippen LogP) is 5.98. The molecule has 0 fully saturated rings. The van der Waals surface area contributed by atoms with E-state index in [-0.39, 0.29) is 11.3 Å². The summed E-state index contributed by atoms with van der Waals surface area (Å²) >= 11 is 0. The van der Waals surface area contributed by atoms with Gasteiger partial charge in [0.25, 0.3) is 5.91 Å². The summed E-state index contributed by atoms with van der Waals surface area (Å²) in [7, 11) is 0. The van der Waals surface area contributed by atoms with Gasteiger partial charge >= 0.3 is 6.18 Å². The van der Waals surface area contributed by atoms with Gasteiger partial charge in [-0.1, -0.05) is 12.1 Å². The highest BCUT2D eigenvalue weighted by molar-refractivity contribution is 6.04. The van der Waals surface area contributed by atoms with Crippen molar-refractivity contribution in [2.75, 3.05) is 10.6 Å². The van der Waals surface area contributed by atoms with E-state index in [1.165, 1.54) is 42.5 Å². The fraction of sp³-hybridized carbons (Fsp3) is 0.0500. The van der Waals surface area contributed by atoms with Crippen molar-refractivity contribution >= 4 is 23.0 Å². The molecule has 28 heavy (non-hydrogen) atoms. The minimum absolute atomic E-state index is 0.140. The molecule has 3 aromatic carbocycles. The number of anilines is 3. The van der Waals surface area contributed by atoms with Gasteiger partial charge in [0, 0.05) is 11.4 Å². The van der Waals surface area contributed by atoms with E-state index in [4.69, 9.17) is 0 Å². The molecule has 3 rings (SSSR count). The van der Waals surface area contributed by atoms with Crippen LogP contribution in [0.1, 0.15) is 15.9 Å². The van der Waals surface area contributed by atoms with Crippen molar-refractivity contribution < 1.29 is 26.7 Å². The number of halogens is 5. The zero-order chi connectivity index (χ0) is 20.3. The average Bonchev–Trinajstić information content (AvgIpc) is 2.62. The average molecular weight is 392 g/mol. The number of hydrogen-bond donors (Lipinski definition) is 2. The van der Waals surface area contributed by atoms with Gasteiger partial charge in [-0.05, 0) is 54.6 Å². The summed E-state index contributed by atoms with van der Waals surface area (Å²) in [5, 5.41) is 5.00. The summed E-state index contributed by atoms with van der Waals surface area (Å²) in [4.78, 5) is 12.1. The molecular weight excluding hydrogens is 379 g/mol. The molecule has 2 N–H and O–H groups in total. The van der Waals surface area contributed by atoms with E-state index in [0.717, 1.165) is 18.2 Å². The molecule has 1 amide bonds. The molecule has 0 spiro atoms. The monoisotopic (exact) mass is 392 g/mol. The number of rotatable bonds is 4. The molecule has 0 radical (unpaired) electrons. The largest absolute Gasteiger partial charge is 0.418 e. The quantitative estimate of drug-likeness (QED) is 0.537. The second-order valence-corrected chi connectivity index (χ2v) is 5.82. The molecule has 8 heteroatoms. The normalized spacial score (nSPS) is 11.2. The van der Waals surface area contributed by atoms with Gasteiger partial charge in [-0.25, -0.2) is 8.78 Å². The summed E-state index contributed by atoms with van der Waals surface area (Å²) in [6.07, 6.45) is -4.65. The Morgan fingerprint density at radius 3 is 2.11 bits per heavy atom. The van der Waals surface area contributed by atoms with Crippen molar-refractivity contribution in [3.05, 3.63) is 89.5 Å². The summed E-state index contributed by atoms with van der Waals surface area (Å²) in [6.45, 7) is 0. The maximum absolute atomic E-state index is 13.6. The molecule has 144 valence electrons. The molecule has 0 heterocycles. The number of carbonyl (C=O) groups is 1. The topological polar surface area (TPSA) is 41.1 Å². The first-order valence-electron chi connectivity index (χ1n) is 8.04. The van der Waals surface area contributed by atoms with Crippen LogP contribution in [0.5, 0.6) is 0 Å². The number of nitrogens with one attached hydrogen (secondary N) is 2. The van der Waals surface area contributed by atoms with Crippen molar-refractivity contribution in [3.63, 3.8) is 0 Å². The van der Waals surface area contributed by atoms with Crippen molar-refractivity contribution in [2.45, 2.75) is 6.18 Å². The molecule has 0 atom stereocenters. The molecule has 0 aliphatic rings. The van der Waals surface area contributed by atoms with E-state index in [1.807, 2.05) is 0 Å². The zero-order valence-electron chi connectivity index (χ0n) is 14.1. The molecule has 0 saturated heterocycles. The van der Waals surface area contributed by atoms with Crippen molar-refractivity contribution in [1.82, 2.24) is 0 Å². The van der Waals surface area contributed by atoms with Gasteiger partial charge in [0.15, 0.2) is 0 Å². The van der Waals surface area contributed by atoms with E-state index in [1.54, 1.807) is 0 Å². The van der Waals surface area contributed by atoms with Gasteiger partial charge in [-0.3, -0.25) is 4.79 Å². The van der Waals surface area contributed by atoms with Crippen LogP contribution in [0.4, 0.5) is 39.0 Å². The first-order chi connectivity index (χ1) is 13.2. The van der Waals surface area contributed by atoms with Crippen LogP contribution in [0, 0.1) is 11.6 Å². The third-order valence-electron chi connectivity index (χ3n) is 3.83. The Labute approximate surface area is 156 Å². The first-order valence-corrected chi connectivity index (χ1v) is 8.04. The van der Waals surface area contributed by atoms with Crippen molar-refractivity contribution in [2.24, 2.45) is 0 Å². The lowest BCUT2D eigenvalue weighted by Crippen LogP contribution is -2.13. The minimum atomic E-state index is -4.65. The van der Waals surface area contributed by atoms with Crippen LogP contribution in [0.2, 0.25) is 0 Å². The number of carbonyl (C=O) groups excluding carboxylic acids is 1. The standard InChI is InChI=1S/C20H13F5N2O/c21-12-5-10-16(20(23,24)25)18(11-12)26-13-6-8-14(9-7-13)27-19(28)15-3-1-2-4-17(15)22/h1-11,26H,(H,27,28). The molecule has 0 unspecified atom stereocenters. The summed E-state index contributed by atoms with van der Waals surface area (Å²) < 4.78 is 66.1. The second-order valence-electron chi connectivity index (χ2n) is 5.82. The molecule has 3 aromatic rings. The third kappa shape index (κ3) is 4.46. The minimum Gasteiger partial charge on any atom is -0.355 e.